The van der Waals surface area contributed by atoms with Crippen molar-refractivity contribution in [2.75, 3.05) is 6.54 Å². The third-order valence-electron chi connectivity index (χ3n) is 6.53. The monoisotopic (exact) mass is 397 g/mol. The number of nitriles is 1. The van der Waals surface area contributed by atoms with Gasteiger partial charge >= 0.3 is 0 Å². The Kier molecular flexibility index (Phi) is 3.84. The van der Waals surface area contributed by atoms with E-state index in [1.54, 1.807) is 35.4 Å². The van der Waals surface area contributed by atoms with Crippen LogP contribution in [0, 0.1) is 17.4 Å². The largest absolute Gasteiger partial charge is 0.386 e. The van der Waals surface area contributed by atoms with Crippen molar-refractivity contribution in [1.29, 1.82) is 5.26 Å². The van der Waals surface area contributed by atoms with Crippen molar-refractivity contribution in [3.8, 4) is 12.0 Å². The summed E-state index contributed by atoms with van der Waals surface area (Å²) in [6, 6.07) is 14.7. The van der Waals surface area contributed by atoms with Crippen LogP contribution in [0.15, 0.2) is 60.3 Å². The van der Waals surface area contributed by atoms with Crippen LogP contribution in [0.1, 0.15) is 40.3 Å². The highest BCUT2D eigenvalue weighted by Gasteiger charge is 2.51. The van der Waals surface area contributed by atoms with Crippen LogP contribution in [0.5, 0.6) is 5.75 Å². The van der Waals surface area contributed by atoms with Crippen LogP contribution in [-0.2, 0) is 5.41 Å². The normalized spacial score (nSPS) is 22.3. The fourth-order valence-corrected chi connectivity index (χ4v) is 4.79. The van der Waals surface area contributed by atoms with E-state index < -0.39 is 5.41 Å². The molecule has 0 spiro atoms. The van der Waals surface area contributed by atoms with Gasteiger partial charge in [0.25, 0.3) is 12.2 Å². The summed E-state index contributed by atoms with van der Waals surface area (Å²) in [6.07, 6.45) is 3.28. The van der Waals surface area contributed by atoms with Crippen LogP contribution in [0.2, 0.25) is 0 Å². The lowest BCUT2D eigenvalue weighted by atomic mass is 9.68. The zero-order valence-electron chi connectivity index (χ0n) is 16.6. The molecule has 5 rings (SSSR count). The molecule has 0 saturated carbocycles. The van der Waals surface area contributed by atoms with Gasteiger partial charge in [-0.1, -0.05) is 43.3 Å². The van der Waals surface area contributed by atoms with E-state index in [0.29, 0.717) is 29.1 Å². The number of hydrogen-bond acceptors (Lipinski definition) is 4. The Morgan fingerprint density at radius 3 is 2.87 bits per heavy atom. The summed E-state index contributed by atoms with van der Waals surface area (Å²) in [5, 5.41) is 9.64. The third-order valence-corrected chi connectivity index (χ3v) is 6.53. The molecule has 1 amide bonds. The number of allylic oxidation sites excluding steroid dienone is 2. The second-order valence-electron chi connectivity index (χ2n) is 8.06. The Balaban J connectivity index is 1.59. The smallest absolute Gasteiger partial charge is 0.292 e. The van der Waals surface area contributed by atoms with Crippen LogP contribution in [0.4, 0.5) is 0 Å². The molecule has 6 heteroatoms. The van der Waals surface area contributed by atoms with Gasteiger partial charge in [-0.05, 0) is 30.5 Å². The number of hydrogen-bond donors (Lipinski definition) is 1. The molecular formula is C24H19N3O3. The van der Waals surface area contributed by atoms with E-state index in [1.807, 2.05) is 30.3 Å². The van der Waals surface area contributed by atoms with Crippen LogP contribution < -0.4 is 4.74 Å². The lowest BCUT2D eigenvalue weighted by Crippen LogP contribution is -2.36. The number of nitrogens with one attached hydrogen (secondary N) is 1. The van der Waals surface area contributed by atoms with Crippen molar-refractivity contribution in [3.63, 3.8) is 0 Å². The molecule has 1 saturated heterocycles. The summed E-state index contributed by atoms with van der Waals surface area (Å²) < 4.78 is 5.00. The molecule has 0 unspecified atom stereocenters. The average Bonchev–Trinajstić information content (AvgIpc) is 3.29. The molecule has 1 N–H and O–H groups in total. The Hall–Kier alpha value is -3.85. The maximum atomic E-state index is 13.5. The first-order valence-electron chi connectivity index (χ1n) is 9.80. The summed E-state index contributed by atoms with van der Waals surface area (Å²) in [5.41, 5.74) is 2.97. The number of aromatic nitrogens is 1. The Bertz CT molecular complexity index is 1300. The zero-order chi connectivity index (χ0) is 21.0. The number of carbonyl (C=O) groups is 2. The maximum absolute atomic E-state index is 13.5. The van der Waals surface area contributed by atoms with Gasteiger partial charge < -0.3 is 14.6 Å². The van der Waals surface area contributed by atoms with Gasteiger partial charge in [-0.25, -0.2) is 0 Å². The number of rotatable bonds is 2. The van der Waals surface area contributed by atoms with Gasteiger partial charge in [0, 0.05) is 34.7 Å². The van der Waals surface area contributed by atoms with Gasteiger partial charge in [0.2, 0.25) is 0 Å². The average molecular weight is 397 g/mol. The first-order chi connectivity index (χ1) is 14.4. The van der Waals surface area contributed by atoms with Crippen molar-refractivity contribution < 1.29 is 14.3 Å². The quantitative estimate of drug-likeness (QED) is 0.658. The van der Waals surface area contributed by atoms with Crippen LogP contribution in [0.25, 0.3) is 10.9 Å². The summed E-state index contributed by atoms with van der Waals surface area (Å²) in [7, 11) is 0. The second kappa shape index (κ2) is 6.33. The summed E-state index contributed by atoms with van der Waals surface area (Å²) in [6.45, 7) is 4.73. The molecule has 1 aliphatic heterocycles. The minimum absolute atomic E-state index is 0.0775. The SMILES string of the molecule is C[C@@H]1CN(C(=O)c2cc3cccc(OC#N)c3[nH]2)C2=CC(=O)c3ccccc3[C@]21C. The summed E-state index contributed by atoms with van der Waals surface area (Å²) in [4.78, 5) is 31.1. The van der Waals surface area contributed by atoms with Crippen molar-refractivity contribution in [2.45, 2.75) is 19.3 Å². The zero-order valence-corrected chi connectivity index (χ0v) is 16.6. The van der Waals surface area contributed by atoms with E-state index in [0.717, 1.165) is 16.6 Å². The molecule has 2 atom stereocenters. The fraction of sp³-hybridized carbons (Fsp3) is 0.208. The van der Waals surface area contributed by atoms with E-state index in [-0.39, 0.29) is 17.6 Å². The molecular weight excluding hydrogens is 378 g/mol. The van der Waals surface area contributed by atoms with Crippen molar-refractivity contribution >= 4 is 22.6 Å². The molecule has 2 heterocycles. The lowest BCUT2D eigenvalue weighted by molar-refractivity contribution is 0.0813. The topological polar surface area (TPSA) is 86.2 Å². The molecule has 6 nitrogen and oxygen atoms in total. The number of ether oxygens (including phenoxy) is 1. The van der Waals surface area contributed by atoms with Gasteiger partial charge in [-0.15, -0.1) is 5.26 Å². The number of carbonyl (C=O) groups excluding carboxylic acids is 2. The highest BCUT2D eigenvalue weighted by molar-refractivity contribution is 6.09. The van der Waals surface area contributed by atoms with Crippen LogP contribution >= 0.6 is 0 Å². The molecule has 2 aliphatic rings. The molecule has 2 aromatic carbocycles. The number of aromatic amines is 1. The number of nitrogens with zero attached hydrogens (tertiary/aromatic N) is 2. The molecule has 0 bridgehead atoms. The van der Waals surface area contributed by atoms with Gasteiger partial charge in [0.05, 0.1) is 5.52 Å². The lowest BCUT2D eigenvalue weighted by Gasteiger charge is -2.35. The molecule has 1 fully saturated rings. The highest BCUT2D eigenvalue weighted by Crippen LogP contribution is 2.50. The minimum Gasteiger partial charge on any atom is -0.386 e. The van der Waals surface area contributed by atoms with Crippen LogP contribution in [0.3, 0.4) is 0 Å². The van der Waals surface area contributed by atoms with E-state index in [1.165, 1.54) is 0 Å². The number of para-hydroxylation sites is 1. The molecule has 1 aliphatic carbocycles. The molecule has 30 heavy (non-hydrogen) atoms. The fourth-order valence-electron chi connectivity index (χ4n) is 4.79. The second-order valence-corrected chi connectivity index (χ2v) is 8.06. The third kappa shape index (κ3) is 2.35. The molecule has 148 valence electrons. The molecule has 0 radical (unpaired) electrons. The van der Waals surface area contributed by atoms with E-state index in [2.05, 4.69) is 18.8 Å². The number of fused-ring (bicyclic) bond motifs is 4. The van der Waals surface area contributed by atoms with Crippen molar-refractivity contribution in [1.82, 2.24) is 9.88 Å². The van der Waals surface area contributed by atoms with Gasteiger partial charge in [-0.2, -0.15) is 0 Å². The summed E-state index contributed by atoms with van der Waals surface area (Å²) in [5.74, 6) is 0.230. The molecule has 3 aromatic rings. The van der Waals surface area contributed by atoms with Crippen molar-refractivity contribution in [2.24, 2.45) is 5.92 Å². The first kappa shape index (κ1) is 18.2. The number of likely N-dealkylation sites (tertiary alicyclic amines) is 1. The number of amides is 1. The van der Waals surface area contributed by atoms with E-state index in [4.69, 9.17) is 10.00 Å². The predicted molar refractivity (Wildman–Crippen MR) is 111 cm³/mol. The van der Waals surface area contributed by atoms with Crippen LogP contribution in [-0.4, -0.2) is 28.1 Å². The predicted octanol–water partition coefficient (Wildman–Crippen LogP) is 4.16. The van der Waals surface area contributed by atoms with E-state index in [9.17, 15) is 9.59 Å². The Morgan fingerprint density at radius 2 is 2.07 bits per heavy atom. The standard InChI is InChI=1S/C24H19N3O3/c1-14-12-27(21-11-19(28)16-7-3-4-8-17(16)24(14,21)2)23(29)18-10-15-6-5-9-20(30-13-25)22(15)26-18/h3-11,14,26H,12H2,1-2H3/t14-,24-/m1/s1. The van der Waals surface area contributed by atoms with Gasteiger partial charge in [-0.3, -0.25) is 9.59 Å². The maximum Gasteiger partial charge on any atom is 0.292 e. The minimum atomic E-state index is -0.415. The van der Waals surface area contributed by atoms with Gasteiger partial charge in [0.15, 0.2) is 11.5 Å². The number of ketones is 1. The first-order valence-corrected chi connectivity index (χ1v) is 9.80. The van der Waals surface area contributed by atoms with Crippen molar-refractivity contribution in [3.05, 3.63) is 77.1 Å². The molecule has 1 aromatic heterocycles. The highest BCUT2D eigenvalue weighted by atomic mass is 16.5. The van der Waals surface area contributed by atoms with Gasteiger partial charge in [0.1, 0.15) is 5.69 Å². The number of H-pyrrole nitrogens is 1. The van der Waals surface area contributed by atoms with E-state index >= 15 is 0 Å². The number of benzene rings is 2. The Morgan fingerprint density at radius 1 is 1.27 bits per heavy atom. The Labute approximate surface area is 173 Å². The summed E-state index contributed by atoms with van der Waals surface area (Å²) >= 11 is 0.